The number of halogens is 1. The molecule has 4 rings (SSSR count). The second-order valence-corrected chi connectivity index (χ2v) is 8.82. The topological polar surface area (TPSA) is 50.6 Å². The fourth-order valence-corrected chi connectivity index (χ4v) is 4.59. The summed E-state index contributed by atoms with van der Waals surface area (Å²) in [5.41, 5.74) is 4.11. The zero-order chi connectivity index (χ0) is 23.2. The Kier molecular flexibility index (Phi) is 7.68. The summed E-state index contributed by atoms with van der Waals surface area (Å²) >= 11 is 6.72. The molecule has 0 radical (unpaired) electrons. The van der Waals surface area contributed by atoms with E-state index in [-0.39, 0.29) is 5.91 Å². The first-order chi connectivity index (χ1) is 16.0. The average Bonchev–Trinajstić information content (AvgIpc) is 3.00. The minimum Gasteiger partial charge on any atom is -0.497 e. The van der Waals surface area contributed by atoms with Gasteiger partial charge in [-0.25, -0.2) is 4.68 Å². The molecule has 0 saturated carbocycles. The molecule has 2 heterocycles. The van der Waals surface area contributed by atoms with E-state index in [2.05, 4.69) is 10.00 Å². The van der Waals surface area contributed by atoms with Gasteiger partial charge in [0, 0.05) is 44.7 Å². The van der Waals surface area contributed by atoms with E-state index in [1.165, 1.54) is 0 Å². The van der Waals surface area contributed by atoms with Crippen LogP contribution >= 0.6 is 11.6 Å². The van der Waals surface area contributed by atoms with Crippen molar-refractivity contribution in [2.45, 2.75) is 32.7 Å². The van der Waals surface area contributed by atoms with Gasteiger partial charge in [0.2, 0.25) is 5.91 Å². The first-order valence-corrected chi connectivity index (χ1v) is 11.9. The van der Waals surface area contributed by atoms with Crippen LogP contribution in [0.5, 0.6) is 5.75 Å². The number of hydrogen-bond acceptors (Lipinski definition) is 4. The van der Waals surface area contributed by atoms with Gasteiger partial charge in [-0.05, 0) is 49.6 Å². The molecule has 3 aromatic rings. The van der Waals surface area contributed by atoms with Gasteiger partial charge < -0.3 is 9.64 Å². The Bertz CT molecular complexity index is 1070. The number of methoxy groups -OCH3 is 1. The van der Waals surface area contributed by atoms with Crippen LogP contribution in [0, 0.1) is 6.92 Å². The van der Waals surface area contributed by atoms with Crippen molar-refractivity contribution in [1.29, 1.82) is 0 Å². The molecule has 2 aromatic carbocycles. The minimum absolute atomic E-state index is 0.221. The molecule has 1 aliphatic rings. The monoisotopic (exact) mass is 466 g/mol. The molecule has 1 amide bonds. The molecule has 33 heavy (non-hydrogen) atoms. The van der Waals surface area contributed by atoms with Gasteiger partial charge >= 0.3 is 0 Å². The van der Waals surface area contributed by atoms with E-state index in [1.54, 1.807) is 11.8 Å². The van der Waals surface area contributed by atoms with Crippen LogP contribution in [0.1, 0.15) is 29.7 Å². The predicted octanol–water partition coefficient (Wildman–Crippen LogP) is 4.51. The lowest BCUT2D eigenvalue weighted by Gasteiger charge is -2.22. The SMILES string of the molecule is COc1ccc(CCC(=O)N2CCCN(Cc3c(C)nn(-c4ccccc4)c3Cl)CC2)cc1. The van der Waals surface area contributed by atoms with Crippen LogP contribution in [0.2, 0.25) is 5.15 Å². The summed E-state index contributed by atoms with van der Waals surface area (Å²) in [6.45, 7) is 6.06. The summed E-state index contributed by atoms with van der Waals surface area (Å²) in [5, 5.41) is 5.32. The van der Waals surface area contributed by atoms with E-state index in [0.29, 0.717) is 11.6 Å². The van der Waals surface area contributed by atoms with Crippen molar-refractivity contribution in [3.63, 3.8) is 0 Å². The molecular weight excluding hydrogens is 436 g/mol. The lowest BCUT2D eigenvalue weighted by molar-refractivity contribution is -0.131. The summed E-state index contributed by atoms with van der Waals surface area (Å²) < 4.78 is 7.01. The van der Waals surface area contributed by atoms with Crippen LogP contribution in [-0.4, -0.2) is 58.8 Å². The number of carbonyl (C=O) groups is 1. The first kappa shape index (κ1) is 23.3. The number of rotatable bonds is 7. The first-order valence-electron chi connectivity index (χ1n) is 11.5. The maximum Gasteiger partial charge on any atom is 0.222 e. The van der Waals surface area contributed by atoms with E-state index in [1.807, 2.05) is 66.4 Å². The van der Waals surface area contributed by atoms with Crippen molar-refractivity contribution >= 4 is 17.5 Å². The van der Waals surface area contributed by atoms with Crippen LogP contribution in [-0.2, 0) is 17.8 Å². The zero-order valence-corrected chi connectivity index (χ0v) is 20.1. The summed E-state index contributed by atoms with van der Waals surface area (Å²) in [4.78, 5) is 17.2. The molecule has 1 fully saturated rings. The summed E-state index contributed by atoms with van der Waals surface area (Å²) in [5.74, 6) is 1.06. The van der Waals surface area contributed by atoms with Crippen molar-refractivity contribution in [3.05, 3.63) is 76.6 Å². The van der Waals surface area contributed by atoms with E-state index in [0.717, 1.165) is 73.8 Å². The standard InChI is InChI=1S/C26H31ClN4O2/c1-20-24(26(27)31(28-20)22-7-4-3-5-8-22)19-29-15-6-16-30(18-17-29)25(32)14-11-21-9-12-23(33-2)13-10-21/h3-5,7-10,12-13H,6,11,14-19H2,1-2H3. The van der Waals surface area contributed by atoms with Crippen LogP contribution < -0.4 is 4.74 Å². The molecule has 7 heteroatoms. The van der Waals surface area contributed by atoms with Crippen LogP contribution in [0.4, 0.5) is 0 Å². The number of nitrogens with zero attached hydrogens (tertiary/aromatic N) is 4. The molecule has 1 aromatic heterocycles. The molecule has 6 nitrogen and oxygen atoms in total. The summed E-state index contributed by atoms with van der Waals surface area (Å²) in [7, 11) is 1.66. The second-order valence-electron chi connectivity index (χ2n) is 8.46. The Hall–Kier alpha value is -2.83. The van der Waals surface area contributed by atoms with Gasteiger partial charge in [0.25, 0.3) is 0 Å². The highest BCUT2D eigenvalue weighted by molar-refractivity contribution is 6.30. The number of aromatic nitrogens is 2. The molecule has 0 N–H and O–H groups in total. The quantitative estimate of drug-likeness (QED) is 0.514. The maximum atomic E-state index is 12.8. The van der Waals surface area contributed by atoms with Crippen LogP contribution in [0.15, 0.2) is 54.6 Å². The smallest absolute Gasteiger partial charge is 0.222 e. The minimum atomic E-state index is 0.221. The van der Waals surface area contributed by atoms with Gasteiger partial charge in [0.15, 0.2) is 0 Å². The summed E-state index contributed by atoms with van der Waals surface area (Å²) in [6, 6.07) is 17.9. The third-order valence-electron chi connectivity index (χ3n) is 6.23. The number of para-hydroxylation sites is 1. The van der Waals surface area contributed by atoms with Gasteiger partial charge in [0.1, 0.15) is 10.9 Å². The lowest BCUT2D eigenvalue weighted by atomic mass is 10.1. The predicted molar refractivity (Wildman–Crippen MR) is 131 cm³/mol. The van der Waals surface area contributed by atoms with Gasteiger partial charge in [-0.1, -0.05) is 41.9 Å². The number of benzene rings is 2. The van der Waals surface area contributed by atoms with E-state index >= 15 is 0 Å². The highest BCUT2D eigenvalue weighted by Crippen LogP contribution is 2.25. The zero-order valence-electron chi connectivity index (χ0n) is 19.3. The molecule has 0 bridgehead atoms. The highest BCUT2D eigenvalue weighted by atomic mass is 35.5. The van der Waals surface area contributed by atoms with Crippen molar-refractivity contribution in [2.24, 2.45) is 0 Å². The van der Waals surface area contributed by atoms with Gasteiger partial charge in [-0.3, -0.25) is 9.69 Å². The van der Waals surface area contributed by atoms with Crippen molar-refractivity contribution in [1.82, 2.24) is 19.6 Å². The number of aryl methyl sites for hydroxylation is 2. The summed E-state index contributed by atoms with van der Waals surface area (Å²) in [6.07, 6.45) is 2.23. The lowest BCUT2D eigenvalue weighted by Crippen LogP contribution is -2.35. The van der Waals surface area contributed by atoms with Crippen molar-refractivity contribution in [3.8, 4) is 11.4 Å². The molecule has 0 unspecified atom stereocenters. The largest absolute Gasteiger partial charge is 0.497 e. The molecule has 0 aliphatic carbocycles. The fourth-order valence-electron chi connectivity index (χ4n) is 4.25. The van der Waals surface area contributed by atoms with Crippen molar-refractivity contribution in [2.75, 3.05) is 33.3 Å². The molecule has 1 aliphatic heterocycles. The number of hydrogen-bond donors (Lipinski definition) is 0. The molecule has 0 atom stereocenters. The number of carbonyl (C=O) groups excluding carboxylic acids is 1. The Labute approximate surface area is 200 Å². The molecular formula is C26H31ClN4O2. The Morgan fingerprint density at radius 3 is 2.52 bits per heavy atom. The Morgan fingerprint density at radius 1 is 1.03 bits per heavy atom. The van der Waals surface area contributed by atoms with E-state index in [4.69, 9.17) is 16.3 Å². The number of amides is 1. The normalized spacial score (nSPS) is 14.8. The Balaban J connectivity index is 1.33. The van der Waals surface area contributed by atoms with Gasteiger partial charge in [-0.2, -0.15) is 5.10 Å². The maximum absolute atomic E-state index is 12.8. The van der Waals surface area contributed by atoms with E-state index < -0.39 is 0 Å². The number of ether oxygens (including phenoxy) is 1. The molecule has 1 saturated heterocycles. The van der Waals surface area contributed by atoms with Gasteiger partial charge in [-0.15, -0.1) is 0 Å². The van der Waals surface area contributed by atoms with Crippen LogP contribution in [0.3, 0.4) is 0 Å². The average molecular weight is 467 g/mol. The van der Waals surface area contributed by atoms with Gasteiger partial charge in [0.05, 0.1) is 18.5 Å². The third-order valence-corrected chi connectivity index (χ3v) is 6.62. The third kappa shape index (κ3) is 5.75. The van der Waals surface area contributed by atoms with Crippen molar-refractivity contribution < 1.29 is 9.53 Å². The second kappa shape index (κ2) is 10.9. The van der Waals surface area contributed by atoms with E-state index in [9.17, 15) is 4.79 Å². The molecule has 174 valence electrons. The van der Waals surface area contributed by atoms with Crippen LogP contribution in [0.25, 0.3) is 5.69 Å². The highest BCUT2D eigenvalue weighted by Gasteiger charge is 2.22. The molecule has 0 spiro atoms. The Morgan fingerprint density at radius 2 is 1.79 bits per heavy atom. The fraction of sp³-hybridized carbons (Fsp3) is 0.385.